The van der Waals surface area contributed by atoms with Crippen LogP contribution in [0.3, 0.4) is 0 Å². The third-order valence-corrected chi connectivity index (χ3v) is 3.99. The van der Waals surface area contributed by atoms with Crippen LogP contribution in [0.5, 0.6) is 0 Å². The van der Waals surface area contributed by atoms with Gasteiger partial charge in [-0.2, -0.15) is 0 Å². The fourth-order valence-corrected chi connectivity index (χ4v) is 3.10. The number of carbonyl (C=O) groups excluding carboxylic acids is 1. The molecule has 0 radical (unpaired) electrons. The average Bonchev–Trinajstić information content (AvgIpc) is 2.77. The second-order valence-corrected chi connectivity index (χ2v) is 5.03. The second kappa shape index (κ2) is 4.15. The van der Waals surface area contributed by atoms with E-state index in [9.17, 15) is 4.79 Å². The third-order valence-electron chi connectivity index (χ3n) is 3.99. The van der Waals surface area contributed by atoms with Gasteiger partial charge in [0.25, 0.3) is 0 Å². The number of carbonyl (C=O) groups is 1. The van der Waals surface area contributed by atoms with E-state index in [0.29, 0.717) is 0 Å². The van der Waals surface area contributed by atoms with Crippen molar-refractivity contribution in [2.24, 2.45) is 5.73 Å². The molecule has 0 aromatic heterocycles. The van der Waals surface area contributed by atoms with Gasteiger partial charge in [0.2, 0.25) is 5.91 Å². The summed E-state index contributed by atoms with van der Waals surface area (Å²) in [5.74, 6) is 0.137. The molecule has 1 aromatic rings. The Kier molecular flexibility index (Phi) is 2.63. The van der Waals surface area contributed by atoms with Gasteiger partial charge in [0.1, 0.15) is 0 Å². The molecule has 1 heterocycles. The van der Waals surface area contributed by atoms with E-state index in [0.717, 1.165) is 32.2 Å². The summed E-state index contributed by atoms with van der Waals surface area (Å²) in [5, 5.41) is 0. The summed E-state index contributed by atoms with van der Waals surface area (Å²) < 4.78 is 0. The number of fused-ring (bicyclic) bond motifs is 1. The van der Waals surface area contributed by atoms with E-state index in [1.807, 2.05) is 4.90 Å². The van der Waals surface area contributed by atoms with E-state index >= 15 is 0 Å². The Morgan fingerprint density at radius 3 is 2.94 bits per heavy atom. The standard InChI is InChI=1S/C14H18N2O/c15-12-6-3-9-16(14(12)17)13-8-7-10-4-1-2-5-11(10)13/h1-2,4-5,12-13H,3,6-9,15H2. The van der Waals surface area contributed by atoms with Crippen molar-refractivity contribution >= 4 is 5.91 Å². The Morgan fingerprint density at radius 1 is 1.24 bits per heavy atom. The number of benzene rings is 1. The summed E-state index contributed by atoms with van der Waals surface area (Å²) in [5.41, 5.74) is 8.59. The van der Waals surface area contributed by atoms with Crippen LogP contribution in [-0.4, -0.2) is 23.4 Å². The van der Waals surface area contributed by atoms with E-state index < -0.39 is 0 Å². The first kappa shape index (κ1) is 10.8. The molecular weight excluding hydrogens is 212 g/mol. The summed E-state index contributed by atoms with van der Waals surface area (Å²) in [6.45, 7) is 0.867. The molecule has 1 aliphatic carbocycles. The Bertz CT molecular complexity index is 444. The van der Waals surface area contributed by atoms with E-state index in [2.05, 4.69) is 24.3 Å². The molecule has 1 aromatic carbocycles. The normalized spacial score (nSPS) is 28.3. The lowest BCUT2D eigenvalue weighted by atomic mass is 10.0. The van der Waals surface area contributed by atoms with Crippen molar-refractivity contribution in [2.75, 3.05) is 6.54 Å². The third kappa shape index (κ3) is 1.75. The smallest absolute Gasteiger partial charge is 0.239 e. The Hall–Kier alpha value is -1.35. The van der Waals surface area contributed by atoms with E-state index in [-0.39, 0.29) is 18.0 Å². The van der Waals surface area contributed by atoms with Crippen LogP contribution in [-0.2, 0) is 11.2 Å². The summed E-state index contributed by atoms with van der Waals surface area (Å²) in [7, 11) is 0. The molecule has 2 aliphatic rings. The molecule has 2 atom stereocenters. The molecule has 3 heteroatoms. The molecule has 0 spiro atoms. The number of likely N-dealkylation sites (tertiary alicyclic amines) is 1. The number of aryl methyl sites for hydroxylation is 1. The fraction of sp³-hybridized carbons (Fsp3) is 0.500. The number of amides is 1. The van der Waals surface area contributed by atoms with Crippen molar-refractivity contribution in [3.63, 3.8) is 0 Å². The van der Waals surface area contributed by atoms with Crippen LogP contribution in [0.2, 0.25) is 0 Å². The quantitative estimate of drug-likeness (QED) is 0.797. The zero-order valence-electron chi connectivity index (χ0n) is 9.93. The van der Waals surface area contributed by atoms with Crippen molar-refractivity contribution in [2.45, 2.75) is 37.8 Å². The van der Waals surface area contributed by atoms with Crippen molar-refractivity contribution in [3.05, 3.63) is 35.4 Å². The van der Waals surface area contributed by atoms with Crippen LogP contribution in [0, 0.1) is 0 Å². The first-order valence-electron chi connectivity index (χ1n) is 6.41. The van der Waals surface area contributed by atoms with E-state index in [4.69, 9.17) is 5.73 Å². The lowest BCUT2D eigenvalue weighted by molar-refractivity contribution is -0.137. The van der Waals surface area contributed by atoms with Crippen molar-refractivity contribution in [3.8, 4) is 0 Å². The van der Waals surface area contributed by atoms with Gasteiger partial charge in [0.05, 0.1) is 12.1 Å². The van der Waals surface area contributed by atoms with E-state index in [1.165, 1.54) is 11.1 Å². The summed E-state index contributed by atoms with van der Waals surface area (Å²) >= 11 is 0. The molecule has 3 rings (SSSR count). The molecule has 90 valence electrons. The highest BCUT2D eigenvalue weighted by atomic mass is 16.2. The SMILES string of the molecule is NC1CCCN(C2CCc3ccccc32)C1=O. The summed E-state index contributed by atoms with van der Waals surface area (Å²) in [6.07, 6.45) is 4.01. The number of hydrogen-bond donors (Lipinski definition) is 1. The fourth-order valence-electron chi connectivity index (χ4n) is 3.10. The maximum Gasteiger partial charge on any atom is 0.239 e. The van der Waals surface area contributed by atoms with Crippen LogP contribution in [0.4, 0.5) is 0 Å². The monoisotopic (exact) mass is 230 g/mol. The van der Waals surface area contributed by atoms with E-state index in [1.54, 1.807) is 0 Å². The predicted octanol–water partition coefficient (Wildman–Crippen LogP) is 1.62. The number of piperidine rings is 1. The molecule has 1 saturated heterocycles. The van der Waals surface area contributed by atoms with Crippen LogP contribution in [0.15, 0.2) is 24.3 Å². The highest BCUT2D eigenvalue weighted by Gasteiger charge is 2.34. The van der Waals surface area contributed by atoms with Gasteiger partial charge in [-0.3, -0.25) is 4.79 Å². The lowest BCUT2D eigenvalue weighted by Crippen LogP contribution is -2.49. The first-order chi connectivity index (χ1) is 8.27. The van der Waals surface area contributed by atoms with Crippen LogP contribution in [0.1, 0.15) is 36.4 Å². The second-order valence-electron chi connectivity index (χ2n) is 5.03. The molecular formula is C14H18N2O. The number of hydrogen-bond acceptors (Lipinski definition) is 2. The minimum atomic E-state index is -0.281. The molecule has 2 unspecified atom stereocenters. The van der Waals surface area contributed by atoms with Crippen LogP contribution in [0.25, 0.3) is 0 Å². The summed E-state index contributed by atoms with van der Waals surface area (Å²) in [6, 6.07) is 8.45. The maximum absolute atomic E-state index is 12.1. The molecule has 1 amide bonds. The van der Waals surface area contributed by atoms with Gasteiger partial charge in [-0.25, -0.2) is 0 Å². The summed E-state index contributed by atoms with van der Waals surface area (Å²) in [4.78, 5) is 14.1. The Balaban J connectivity index is 1.89. The Morgan fingerprint density at radius 2 is 2.06 bits per heavy atom. The molecule has 0 saturated carbocycles. The highest BCUT2D eigenvalue weighted by Crippen LogP contribution is 2.36. The average molecular weight is 230 g/mol. The van der Waals surface area contributed by atoms with Gasteiger partial charge < -0.3 is 10.6 Å². The predicted molar refractivity (Wildman–Crippen MR) is 66.4 cm³/mol. The molecule has 1 fully saturated rings. The highest BCUT2D eigenvalue weighted by molar-refractivity contribution is 5.83. The zero-order valence-corrected chi connectivity index (χ0v) is 9.93. The largest absolute Gasteiger partial charge is 0.334 e. The minimum Gasteiger partial charge on any atom is -0.334 e. The molecule has 1 aliphatic heterocycles. The van der Waals surface area contributed by atoms with Crippen molar-refractivity contribution in [1.82, 2.24) is 4.90 Å². The van der Waals surface area contributed by atoms with Crippen molar-refractivity contribution < 1.29 is 4.79 Å². The topological polar surface area (TPSA) is 46.3 Å². The van der Waals surface area contributed by atoms with Gasteiger partial charge in [-0.05, 0) is 36.8 Å². The Labute approximate surface area is 102 Å². The van der Waals surface area contributed by atoms with Crippen LogP contribution < -0.4 is 5.73 Å². The molecule has 2 N–H and O–H groups in total. The van der Waals surface area contributed by atoms with Gasteiger partial charge >= 0.3 is 0 Å². The van der Waals surface area contributed by atoms with Gasteiger partial charge in [-0.1, -0.05) is 24.3 Å². The van der Waals surface area contributed by atoms with Crippen molar-refractivity contribution in [1.29, 1.82) is 0 Å². The lowest BCUT2D eigenvalue weighted by Gasteiger charge is -2.35. The van der Waals surface area contributed by atoms with Crippen LogP contribution >= 0.6 is 0 Å². The number of nitrogens with zero attached hydrogens (tertiary/aromatic N) is 1. The maximum atomic E-state index is 12.1. The first-order valence-corrected chi connectivity index (χ1v) is 6.41. The number of nitrogens with two attached hydrogens (primary N) is 1. The molecule has 3 nitrogen and oxygen atoms in total. The number of rotatable bonds is 1. The van der Waals surface area contributed by atoms with Gasteiger partial charge in [0, 0.05) is 6.54 Å². The minimum absolute atomic E-state index is 0.137. The zero-order chi connectivity index (χ0) is 11.8. The van der Waals surface area contributed by atoms with Gasteiger partial charge in [0.15, 0.2) is 0 Å². The molecule has 0 bridgehead atoms. The van der Waals surface area contributed by atoms with Gasteiger partial charge in [-0.15, -0.1) is 0 Å². The molecule has 17 heavy (non-hydrogen) atoms.